The fourth-order valence-corrected chi connectivity index (χ4v) is 3.04. The second kappa shape index (κ2) is 8.07. The van der Waals surface area contributed by atoms with Gasteiger partial charge in [0, 0.05) is 32.7 Å². The van der Waals surface area contributed by atoms with Gasteiger partial charge in [-0.2, -0.15) is 13.2 Å². The smallest absolute Gasteiger partial charge is 0.353 e. The maximum absolute atomic E-state index is 12.6. The molecule has 1 aliphatic rings. The Morgan fingerprint density at radius 3 is 2.46 bits per heavy atom. The lowest BCUT2D eigenvalue weighted by Crippen LogP contribution is -2.58. The number of piperazine rings is 1. The first-order valence-corrected chi connectivity index (χ1v) is 8.53. The Kier molecular flexibility index (Phi) is 6.28. The van der Waals surface area contributed by atoms with E-state index >= 15 is 0 Å². The van der Waals surface area contributed by atoms with Crippen LogP contribution in [0.2, 0.25) is 0 Å². The van der Waals surface area contributed by atoms with Gasteiger partial charge in [-0.25, -0.2) is 0 Å². The van der Waals surface area contributed by atoms with E-state index in [2.05, 4.69) is 5.32 Å². The first kappa shape index (κ1) is 20.2. The minimum Gasteiger partial charge on any atom is -0.353 e. The van der Waals surface area contributed by atoms with Crippen molar-refractivity contribution in [3.05, 3.63) is 35.4 Å². The Bertz CT molecular complexity index is 644. The third kappa shape index (κ3) is 4.97. The standard InChI is InChI=1S/C18H24F3N3O2/c1-12(2)24-9-8-22-17(26)15(24)10-16(25)23(3)11-13-4-6-14(7-5-13)18(19,20)21/h4-7,12,15H,8-11H2,1-3H3,(H,22,26). The molecule has 26 heavy (non-hydrogen) atoms. The maximum Gasteiger partial charge on any atom is 0.416 e. The summed E-state index contributed by atoms with van der Waals surface area (Å²) in [6.45, 7) is 5.38. The lowest BCUT2D eigenvalue weighted by molar-refractivity contribution is -0.139. The molecule has 1 heterocycles. The Morgan fingerprint density at radius 2 is 1.92 bits per heavy atom. The molecule has 0 saturated carbocycles. The fraction of sp³-hybridized carbons (Fsp3) is 0.556. The molecule has 1 fully saturated rings. The molecule has 8 heteroatoms. The van der Waals surface area contributed by atoms with Crippen molar-refractivity contribution in [2.24, 2.45) is 0 Å². The van der Waals surface area contributed by atoms with Gasteiger partial charge in [-0.15, -0.1) is 0 Å². The number of hydrogen-bond acceptors (Lipinski definition) is 3. The van der Waals surface area contributed by atoms with Gasteiger partial charge in [0.2, 0.25) is 11.8 Å². The second-order valence-corrected chi connectivity index (χ2v) is 6.79. The highest BCUT2D eigenvalue weighted by molar-refractivity contribution is 5.88. The van der Waals surface area contributed by atoms with Crippen LogP contribution in [-0.2, 0) is 22.3 Å². The molecule has 0 aromatic heterocycles. The lowest BCUT2D eigenvalue weighted by Gasteiger charge is -2.38. The Morgan fingerprint density at radius 1 is 1.31 bits per heavy atom. The molecule has 2 amide bonds. The molecule has 0 aliphatic carbocycles. The largest absolute Gasteiger partial charge is 0.416 e. The van der Waals surface area contributed by atoms with Gasteiger partial charge >= 0.3 is 6.18 Å². The summed E-state index contributed by atoms with van der Waals surface area (Å²) in [5.41, 5.74) is -0.121. The summed E-state index contributed by atoms with van der Waals surface area (Å²) >= 11 is 0. The third-order valence-electron chi connectivity index (χ3n) is 4.53. The number of nitrogens with zero attached hydrogens (tertiary/aromatic N) is 2. The van der Waals surface area contributed by atoms with Gasteiger partial charge in [-0.1, -0.05) is 12.1 Å². The first-order valence-electron chi connectivity index (χ1n) is 8.53. The molecule has 5 nitrogen and oxygen atoms in total. The summed E-state index contributed by atoms with van der Waals surface area (Å²) in [6, 6.07) is 4.34. The number of nitrogens with one attached hydrogen (secondary N) is 1. The Balaban J connectivity index is 1.99. The van der Waals surface area contributed by atoms with Gasteiger partial charge in [0.15, 0.2) is 0 Å². The van der Waals surface area contributed by atoms with Crippen molar-refractivity contribution < 1.29 is 22.8 Å². The van der Waals surface area contributed by atoms with Crippen molar-refractivity contribution in [1.29, 1.82) is 0 Å². The highest BCUT2D eigenvalue weighted by Gasteiger charge is 2.34. The van der Waals surface area contributed by atoms with Crippen molar-refractivity contribution in [2.75, 3.05) is 20.1 Å². The predicted molar refractivity (Wildman–Crippen MR) is 91.2 cm³/mol. The van der Waals surface area contributed by atoms with E-state index in [4.69, 9.17) is 0 Å². The van der Waals surface area contributed by atoms with E-state index in [0.717, 1.165) is 12.1 Å². The van der Waals surface area contributed by atoms with Crippen molar-refractivity contribution in [1.82, 2.24) is 15.1 Å². The molecule has 2 rings (SSSR count). The number of rotatable bonds is 5. The van der Waals surface area contributed by atoms with E-state index < -0.39 is 17.8 Å². The molecule has 1 unspecified atom stereocenters. The van der Waals surface area contributed by atoms with E-state index in [1.54, 1.807) is 7.05 Å². The molecule has 1 saturated heterocycles. The second-order valence-electron chi connectivity index (χ2n) is 6.79. The average Bonchev–Trinajstić information content (AvgIpc) is 2.56. The fourth-order valence-electron chi connectivity index (χ4n) is 3.04. The van der Waals surface area contributed by atoms with Crippen LogP contribution in [0.4, 0.5) is 13.2 Å². The van der Waals surface area contributed by atoms with Crippen LogP contribution in [0.15, 0.2) is 24.3 Å². The zero-order chi connectivity index (χ0) is 19.5. The van der Waals surface area contributed by atoms with Crippen molar-refractivity contribution in [2.45, 2.75) is 45.1 Å². The number of halogens is 3. The van der Waals surface area contributed by atoms with E-state index in [9.17, 15) is 22.8 Å². The summed E-state index contributed by atoms with van der Waals surface area (Å²) in [5, 5.41) is 2.77. The minimum atomic E-state index is -4.38. The van der Waals surface area contributed by atoms with Gasteiger partial charge in [0.1, 0.15) is 0 Å². The van der Waals surface area contributed by atoms with Gasteiger partial charge in [0.25, 0.3) is 0 Å². The van der Waals surface area contributed by atoms with E-state index in [1.165, 1.54) is 17.0 Å². The van der Waals surface area contributed by atoms with Crippen LogP contribution in [0.3, 0.4) is 0 Å². The number of hydrogen-bond donors (Lipinski definition) is 1. The molecule has 1 aliphatic heterocycles. The summed E-state index contributed by atoms with van der Waals surface area (Å²) in [4.78, 5) is 28.0. The topological polar surface area (TPSA) is 52.7 Å². The SMILES string of the molecule is CC(C)N1CCNC(=O)C1CC(=O)N(C)Cc1ccc(C(F)(F)F)cc1. The van der Waals surface area contributed by atoms with Gasteiger partial charge in [0.05, 0.1) is 18.0 Å². The summed E-state index contributed by atoms with van der Waals surface area (Å²) in [5.74, 6) is -0.390. The van der Waals surface area contributed by atoms with Crippen LogP contribution in [0.5, 0.6) is 0 Å². The summed E-state index contributed by atoms with van der Waals surface area (Å²) in [6.07, 6.45) is -4.34. The third-order valence-corrected chi connectivity index (χ3v) is 4.53. The molecule has 0 spiro atoms. The predicted octanol–water partition coefficient (Wildman–Crippen LogP) is 2.26. The zero-order valence-electron chi connectivity index (χ0n) is 15.1. The van der Waals surface area contributed by atoms with E-state index in [1.807, 2.05) is 18.7 Å². The van der Waals surface area contributed by atoms with Crippen LogP contribution in [-0.4, -0.2) is 53.8 Å². The van der Waals surface area contributed by atoms with Gasteiger partial charge in [-0.3, -0.25) is 14.5 Å². The molecule has 144 valence electrons. The highest BCUT2D eigenvalue weighted by atomic mass is 19.4. The normalized spacial score (nSPS) is 18.7. The van der Waals surface area contributed by atoms with Gasteiger partial charge in [-0.05, 0) is 31.5 Å². The zero-order valence-corrected chi connectivity index (χ0v) is 15.1. The van der Waals surface area contributed by atoms with Crippen molar-refractivity contribution in [3.8, 4) is 0 Å². The number of carbonyl (C=O) groups excluding carboxylic acids is 2. The first-order chi connectivity index (χ1) is 12.1. The molecule has 1 aromatic carbocycles. The van der Waals surface area contributed by atoms with Crippen LogP contribution >= 0.6 is 0 Å². The van der Waals surface area contributed by atoms with Gasteiger partial charge < -0.3 is 10.2 Å². The molecule has 1 N–H and O–H groups in total. The van der Waals surface area contributed by atoms with Crippen LogP contribution in [0.25, 0.3) is 0 Å². The maximum atomic E-state index is 12.6. The van der Waals surface area contributed by atoms with Crippen LogP contribution in [0, 0.1) is 0 Å². The number of benzene rings is 1. The number of alkyl halides is 3. The monoisotopic (exact) mass is 371 g/mol. The average molecular weight is 371 g/mol. The molecule has 1 aromatic rings. The molecular weight excluding hydrogens is 347 g/mol. The van der Waals surface area contributed by atoms with Crippen LogP contribution in [0.1, 0.15) is 31.4 Å². The number of carbonyl (C=O) groups is 2. The van der Waals surface area contributed by atoms with Crippen molar-refractivity contribution >= 4 is 11.8 Å². The van der Waals surface area contributed by atoms with Crippen molar-refractivity contribution in [3.63, 3.8) is 0 Å². The Hall–Kier alpha value is -2.09. The molecule has 0 radical (unpaired) electrons. The summed E-state index contributed by atoms with van der Waals surface area (Å²) < 4.78 is 37.8. The van der Waals surface area contributed by atoms with E-state index in [0.29, 0.717) is 18.7 Å². The molecular formula is C18H24F3N3O2. The number of amides is 2. The molecule has 1 atom stereocenters. The quantitative estimate of drug-likeness (QED) is 0.864. The minimum absolute atomic E-state index is 0.0428. The van der Waals surface area contributed by atoms with Crippen LogP contribution < -0.4 is 5.32 Å². The summed E-state index contributed by atoms with van der Waals surface area (Å²) in [7, 11) is 1.58. The van der Waals surface area contributed by atoms with E-state index in [-0.39, 0.29) is 30.8 Å². The molecule has 0 bridgehead atoms. The highest BCUT2D eigenvalue weighted by Crippen LogP contribution is 2.29. The Labute approximate surface area is 151 Å². The lowest BCUT2D eigenvalue weighted by atomic mass is 10.1.